The van der Waals surface area contributed by atoms with Crippen LogP contribution in [0.3, 0.4) is 0 Å². The van der Waals surface area contributed by atoms with Gasteiger partial charge in [-0.15, -0.1) is 11.8 Å². The number of aromatic nitrogens is 3. The fraction of sp³-hybridized carbons (Fsp3) is 0.438. The number of hydrogen-bond donors (Lipinski definition) is 3. The van der Waals surface area contributed by atoms with E-state index in [0.29, 0.717) is 5.92 Å². The molecule has 2 aromatic heterocycles. The number of rotatable bonds is 6. The topological polar surface area (TPSA) is 82.7 Å². The van der Waals surface area contributed by atoms with Gasteiger partial charge in [0, 0.05) is 13.0 Å². The van der Waals surface area contributed by atoms with Crippen LogP contribution in [-0.2, 0) is 6.18 Å². The molecule has 140 valence electrons. The van der Waals surface area contributed by atoms with Crippen LogP contribution in [0.4, 0.5) is 24.5 Å². The van der Waals surface area contributed by atoms with Gasteiger partial charge in [-0.2, -0.15) is 18.3 Å². The molecular formula is C16H18F3N5OS. The first-order valence-electron chi connectivity index (χ1n) is 8.12. The number of thioether (sulfide) groups is 1. The van der Waals surface area contributed by atoms with E-state index in [-0.39, 0.29) is 17.1 Å². The van der Waals surface area contributed by atoms with Crippen molar-refractivity contribution in [2.24, 2.45) is 0 Å². The van der Waals surface area contributed by atoms with Gasteiger partial charge in [0.05, 0.1) is 28.2 Å². The number of carbonyl (C=O) groups excluding carboxylic acids is 1. The van der Waals surface area contributed by atoms with Gasteiger partial charge in [-0.05, 0) is 24.7 Å². The third-order valence-corrected chi connectivity index (χ3v) is 4.94. The summed E-state index contributed by atoms with van der Waals surface area (Å²) in [6.45, 7) is 1.97. The molecule has 3 N–H and O–H groups in total. The highest BCUT2D eigenvalue weighted by Gasteiger charge is 2.34. The normalized spacial score (nSPS) is 14.3. The van der Waals surface area contributed by atoms with Crippen molar-refractivity contribution < 1.29 is 18.0 Å². The van der Waals surface area contributed by atoms with E-state index < -0.39 is 17.8 Å². The van der Waals surface area contributed by atoms with Crippen molar-refractivity contribution in [3.05, 3.63) is 29.3 Å². The van der Waals surface area contributed by atoms with E-state index >= 15 is 0 Å². The molecule has 0 aromatic carbocycles. The summed E-state index contributed by atoms with van der Waals surface area (Å²) in [5, 5.41) is 12.3. The lowest BCUT2D eigenvalue weighted by molar-refractivity contribution is -0.141. The molecule has 0 radical (unpaired) electrons. The first kappa shape index (κ1) is 18.6. The van der Waals surface area contributed by atoms with Crippen molar-refractivity contribution in [1.29, 1.82) is 0 Å². The Hall–Kier alpha value is -2.23. The molecule has 10 heteroatoms. The molecule has 1 fully saturated rings. The van der Waals surface area contributed by atoms with Gasteiger partial charge in [-0.3, -0.25) is 9.89 Å². The van der Waals surface area contributed by atoms with Gasteiger partial charge in [-0.25, -0.2) is 4.98 Å². The molecule has 2 aromatic rings. The molecule has 26 heavy (non-hydrogen) atoms. The number of alkyl halides is 3. The molecule has 6 nitrogen and oxygen atoms in total. The van der Waals surface area contributed by atoms with Crippen molar-refractivity contribution in [1.82, 2.24) is 15.2 Å². The van der Waals surface area contributed by atoms with Crippen LogP contribution in [-0.4, -0.2) is 33.9 Å². The van der Waals surface area contributed by atoms with E-state index in [9.17, 15) is 18.0 Å². The lowest BCUT2D eigenvalue weighted by Gasteiger charge is -2.13. The largest absolute Gasteiger partial charge is 0.433 e. The van der Waals surface area contributed by atoms with Crippen molar-refractivity contribution in [3.63, 3.8) is 0 Å². The van der Waals surface area contributed by atoms with Crippen LogP contribution < -0.4 is 10.6 Å². The van der Waals surface area contributed by atoms with Crippen molar-refractivity contribution >= 4 is 29.0 Å². The second kappa shape index (κ2) is 7.18. The number of carbonyl (C=O) groups is 1. The van der Waals surface area contributed by atoms with Crippen LogP contribution in [0.25, 0.3) is 0 Å². The van der Waals surface area contributed by atoms with E-state index in [0.717, 1.165) is 41.4 Å². The molecule has 2 heterocycles. The highest BCUT2D eigenvalue weighted by atomic mass is 32.2. The second-order valence-corrected chi connectivity index (χ2v) is 7.11. The number of nitrogens with zero attached hydrogens (tertiary/aromatic N) is 2. The maximum absolute atomic E-state index is 12.9. The smallest absolute Gasteiger partial charge is 0.385 e. The molecule has 0 unspecified atom stereocenters. The third-order valence-electron chi connectivity index (χ3n) is 3.95. The standard InChI is InChI=1S/C16H18F3N5OS/c1-3-26-14-12(8-4-5-8)23-24-13(14)15(25)22-9-6-11(16(17,18)19)21-7-10(9)20-2/h6-8,20H,3-5H2,1-2H3,(H,23,24)(H,21,22,25). The Balaban J connectivity index is 1.90. The number of pyridine rings is 1. The van der Waals surface area contributed by atoms with Gasteiger partial charge in [0.25, 0.3) is 5.91 Å². The van der Waals surface area contributed by atoms with Crippen LogP contribution >= 0.6 is 11.8 Å². The Morgan fingerprint density at radius 3 is 2.69 bits per heavy atom. The number of H-pyrrole nitrogens is 1. The molecule has 0 spiro atoms. The number of amides is 1. The van der Waals surface area contributed by atoms with Crippen molar-refractivity contribution in [3.8, 4) is 0 Å². The molecule has 3 rings (SSSR count). The maximum Gasteiger partial charge on any atom is 0.433 e. The van der Waals surface area contributed by atoms with Crippen LogP contribution in [0.5, 0.6) is 0 Å². The number of aromatic amines is 1. The second-order valence-electron chi connectivity index (χ2n) is 5.84. The first-order valence-corrected chi connectivity index (χ1v) is 9.11. The molecule has 0 bridgehead atoms. The SMILES string of the molecule is CCSc1c(C(=O)Nc2cc(C(F)(F)F)ncc2NC)n[nH]c1C1CC1. The molecule has 1 saturated carbocycles. The van der Waals surface area contributed by atoms with Crippen molar-refractivity contribution in [2.75, 3.05) is 23.4 Å². The highest BCUT2D eigenvalue weighted by molar-refractivity contribution is 7.99. The summed E-state index contributed by atoms with van der Waals surface area (Å²) in [7, 11) is 1.54. The average Bonchev–Trinajstić information content (AvgIpc) is 3.35. The molecule has 0 atom stereocenters. The van der Waals surface area contributed by atoms with E-state index in [2.05, 4.69) is 25.8 Å². The number of halogens is 3. The van der Waals surface area contributed by atoms with Crippen LogP contribution in [0, 0.1) is 0 Å². The van der Waals surface area contributed by atoms with Crippen molar-refractivity contribution in [2.45, 2.75) is 36.8 Å². The zero-order chi connectivity index (χ0) is 18.9. The average molecular weight is 385 g/mol. The van der Waals surface area contributed by atoms with E-state index in [4.69, 9.17) is 0 Å². The predicted octanol–water partition coefficient (Wildman–Crippen LogP) is 4.11. The Bertz CT molecular complexity index is 817. The monoisotopic (exact) mass is 385 g/mol. The molecule has 0 saturated heterocycles. The van der Waals surface area contributed by atoms with E-state index in [1.165, 1.54) is 18.8 Å². The lowest BCUT2D eigenvalue weighted by atomic mass is 10.2. The number of hydrogen-bond acceptors (Lipinski definition) is 5. The van der Waals surface area contributed by atoms with Gasteiger partial charge in [0.1, 0.15) is 5.69 Å². The molecular weight excluding hydrogens is 367 g/mol. The Morgan fingerprint density at radius 2 is 2.12 bits per heavy atom. The molecule has 1 aliphatic rings. The summed E-state index contributed by atoms with van der Waals surface area (Å²) >= 11 is 1.50. The van der Waals surface area contributed by atoms with E-state index in [1.54, 1.807) is 0 Å². The predicted molar refractivity (Wildman–Crippen MR) is 93.7 cm³/mol. The highest BCUT2D eigenvalue weighted by Crippen LogP contribution is 2.44. The Labute approximate surface area is 152 Å². The first-order chi connectivity index (χ1) is 12.3. The van der Waals surface area contributed by atoms with Crippen LogP contribution in [0.15, 0.2) is 17.2 Å². The van der Waals surface area contributed by atoms with Gasteiger partial charge >= 0.3 is 6.18 Å². The summed E-state index contributed by atoms with van der Waals surface area (Å²) in [5.41, 5.74) is 0.348. The molecule has 0 aliphatic heterocycles. The van der Waals surface area contributed by atoms with Gasteiger partial charge in [0.15, 0.2) is 5.69 Å². The minimum absolute atomic E-state index is 0.00301. The minimum atomic E-state index is -4.60. The number of nitrogens with one attached hydrogen (secondary N) is 3. The lowest BCUT2D eigenvalue weighted by Crippen LogP contribution is -2.16. The van der Waals surface area contributed by atoms with Crippen LogP contribution in [0.2, 0.25) is 0 Å². The third kappa shape index (κ3) is 3.79. The van der Waals surface area contributed by atoms with Gasteiger partial charge < -0.3 is 10.6 Å². The van der Waals surface area contributed by atoms with Gasteiger partial charge in [0.2, 0.25) is 0 Å². The summed E-state index contributed by atoms with van der Waals surface area (Å²) in [6, 6.07) is 0.810. The zero-order valence-corrected chi connectivity index (χ0v) is 15.0. The minimum Gasteiger partial charge on any atom is -0.385 e. The summed E-state index contributed by atoms with van der Waals surface area (Å²) in [4.78, 5) is 16.8. The quantitative estimate of drug-likeness (QED) is 0.652. The van der Waals surface area contributed by atoms with Gasteiger partial charge in [-0.1, -0.05) is 6.92 Å². The molecule has 1 amide bonds. The molecule has 1 aliphatic carbocycles. The Morgan fingerprint density at radius 1 is 1.38 bits per heavy atom. The summed E-state index contributed by atoms with van der Waals surface area (Å²) < 4.78 is 38.7. The summed E-state index contributed by atoms with van der Waals surface area (Å²) in [6.07, 6.45) is -1.46. The fourth-order valence-corrected chi connectivity index (χ4v) is 3.46. The number of anilines is 2. The fourth-order valence-electron chi connectivity index (χ4n) is 2.53. The zero-order valence-electron chi connectivity index (χ0n) is 14.2. The Kier molecular flexibility index (Phi) is 5.12. The maximum atomic E-state index is 12.9. The summed E-state index contributed by atoms with van der Waals surface area (Å²) in [5.74, 6) is 0.582. The van der Waals surface area contributed by atoms with E-state index in [1.807, 2.05) is 6.92 Å². The van der Waals surface area contributed by atoms with Crippen LogP contribution in [0.1, 0.15) is 47.6 Å².